The summed E-state index contributed by atoms with van der Waals surface area (Å²) in [6.07, 6.45) is 1.16. The van der Waals surface area contributed by atoms with Gasteiger partial charge in [0, 0.05) is 0 Å². The Balaban J connectivity index is 3.06. The number of thiol groups is 1. The van der Waals surface area contributed by atoms with Crippen molar-refractivity contribution in [2.75, 3.05) is 18.1 Å². The van der Waals surface area contributed by atoms with Gasteiger partial charge in [0.1, 0.15) is 11.9 Å². The first kappa shape index (κ1) is 8.97. The van der Waals surface area contributed by atoms with Gasteiger partial charge < -0.3 is 9.47 Å². The molecule has 0 aromatic heterocycles. The van der Waals surface area contributed by atoms with Gasteiger partial charge in [0.15, 0.2) is 0 Å². The molecule has 0 bridgehead atoms. The third kappa shape index (κ3) is 5.85. The molecule has 0 saturated carbocycles. The number of hydrogen-bond donors (Lipinski definition) is 1. The first-order valence-electron chi connectivity index (χ1n) is 2.20. The summed E-state index contributed by atoms with van der Waals surface area (Å²) >= 11 is 5.06. The van der Waals surface area contributed by atoms with Crippen molar-refractivity contribution in [1.29, 1.82) is 0 Å². The Kier molecular flexibility index (Phi) is 6.08. The van der Waals surface area contributed by atoms with Gasteiger partial charge in [0.05, 0.1) is 0 Å². The first-order chi connectivity index (χ1) is 4.31. The summed E-state index contributed by atoms with van der Waals surface area (Å²) in [4.78, 5) is 10.3. The average Bonchev–Trinajstić information content (AvgIpc) is 1.85. The molecule has 54 valence electrons. The van der Waals surface area contributed by atoms with Gasteiger partial charge in [0.2, 0.25) is 0 Å². The maximum absolute atomic E-state index is 10.3. The van der Waals surface area contributed by atoms with Crippen molar-refractivity contribution in [2.45, 2.75) is 0 Å². The van der Waals surface area contributed by atoms with Crippen LogP contribution in [-0.2, 0) is 9.47 Å². The highest BCUT2D eigenvalue weighted by atomic mass is 32.2. The summed E-state index contributed by atoms with van der Waals surface area (Å²) in [5, 5.41) is 0. The lowest BCUT2D eigenvalue weighted by Crippen LogP contribution is -2.04. The van der Waals surface area contributed by atoms with E-state index in [0.29, 0.717) is 5.94 Å². The van der Waals surface area contributed by atoms with Gasteiger partial charge in [0.25, 0.3) is 0 Å². The standard InChI is InChI=1S/C4H8O3S2/c1-9-3-7-4(5)6-2-8/h8H,2-3H2,1H3. The van der Waals surface area contributed by atoms with E-state index in [4.69, 9.17) is 0 Å². The summed E-state index contributed by atoms with van der Waals surface area (Å²) in [7, 11) is 0. The lowest BCUT2D eigenvalue weighted by atomic mass is 11.3. The van der Waals surface area contributed by atoms with E-state index in [1.165, 1.54) is 11.8 Å². The molecular weight excluding hydrogens is 160 g/mol. The summed E-state index contributed by atoms with van der Waals surface area (Å²) in [6.45, 7) is 0. The summed E-state index contributed by atoms with van der Waals surface area (Å²) < 4.78 is 8.82. The van der Waals surface area contributed by atoms with E-state index in [-0.39, 0.29) is 5.94 Å². The maximum Gasteiger partial charge on any atom is 0.509 e. The highest BCUT2D eigenvalue weighted by Crippen LogP contribution is 1.94. The quantitative estimate of drug-likeness (QED) is 0.392. The Hall–Kier alpha value is -0.0300. The minimum atomic E-state index is -0.667. The van der Waals surface area contributed by atoms with Crippen molar-refractivity contribution in [3.05, 3.63) is 0 Å². The Bertz CT molecular complexity index is 85.9. The molecule has 0 aliphatic heterocycles. The summed E-state index contributed by atoms with van der Waals surface area (Å²) in [5.74, 6) is 0.389. The lowest BCUT2D eigenvalue weighted by Gasteiger charge is -1.99. The fraction of sp³-hybridized carbons (Fsp3) is 0.750. The highest BCUT2D eigenvalue weighted by molar-refractivity contribution is 7.98. The first-order valence-corrected chi connectivity index (χ1v) is 4.23. The normalized spacial score (nSPS) is 8.67. The van der Waals surface area contributed by atoms with Gasteiger partial charge in [-0.3, -0.25) is 0 Å². The number of rotatable bonds is 3. The van der Waals surface area contributed by atoms with Crippen LogP contribution >= 0.6 is 24.4 Å². The molecule has 0 heterocycles. The molecule has 0 N–H and O–H groups in total. The molecule has 0 aromatic carbocycles. The van der Waals surface area contributed by atoms with Gasteiger partial charge in [-0.1, -0.05) is 0 Å². The molecule has 0 atom stereocenters. The molecule has 0 aliphatic carbocycles. The fourth-order valence-corrected chi connectivity index (χ4v) is 0.521. The van der Waals surface area contributed by atoms with E-state index < -0.39 is 6.16 Å². The van der Waals surface area contributed by atoms with Crippen LogP contribution < -0.4 is 0 Å². The van der Waals surface area contributed by atoms with Crippen LogP contribution in [0.1, 0.15) is 0 Å². The molecule has 0 saturated heterocycles. The number of carbonyl (C=O) groups is 1. The molecule has 0 aliphatic rings. The zero-order valence-corrected chi connectivity index (χ0v) is 6.71. The topological polar surface area (TPSA) is 35.5 Å². The molecule has 0 radical (unpaired) electrons. The van der Waals surface area contributed by atoms with E-state index in [9.17, 15) is 4.79 Å². The molecule has 3 nitrogen and oxygen atoms in total. The van der Waals surface area contributed by atoms with Crippen LogP contribution in [0.4, 0.5) is 4.79 Å². The van der Waals surface area contributed by atoms with E-state index in [1.807, 2.05) is 6.26 Å². The van der Waals surface area contributed by atoms with E-state index in [2.05, 4.69) is 22.1 Å². The van der Waals surface area contributed by atoms with Crippen LogP contribution in [0.25, 0.3) is 0 Å². The molecule has 0 rings (SSSR count). The van der Waals surface area contributed by atoms with Crippen LogP contribution in [0.5, 0.6) is 0 Å². The average molecular weight is 168 g/mol. The molecule has 0 aromatic rings. The molecule has 0 amide bonds. The van der Waals surface area contributed by atoms with Crippen LogP contribution in [0.3, 0.4) is 0 Å². The van der Waals surface area contributed by atoms with Crippen molar-refractivity contribution in [1.82, 2.24) is 0 Å². The van der Waals surface area contributed by atoms with Crippen molar-refractivity contribution in [3.63, 3.8) is 0 Å². The van der Waals surface area contributed by atoms with Gasteiger partial charge >= 0.3 is 6.16 Å². The van der Waals surface area contributed by atoms with Crippen molar-refractivity contribution in [3.8, 4) is 0 Å². The Labute approximate surface area is 63.5 Å². The lowest BCUT2D eigenvalue weighted by molar-refractivity contribution is 0.0839. The third-order valence-corrected chi connectivity index (χ3v) is 0.960. The van der Waals surface area contributed by atoms with E-state index in [0.717, 1.165) is 0 Å². The zero-order chi connectivity index (χ0) is 7.11. The monoisotopic (exact) mass is 168 g/mol. The van der Waals surface area contributed by atoms with Crippen LogP contribution in [0.2, 0.25) is 0 Å². The minimum Gasteiger partial charge on any atom is -0.423 e. The van der Waals surface area contributed by atoms with E-state index in [1.54, 1.807) is 0 Å². The minimum absolute atomic E-state index is 0.0627. The second kappa shape index (κ2) is 6.10. The van der Waals surface area contributed by atoms with E-state index >= 15 is 0 Å². The molecule has 0 fully saturated rings. The third-order valence-electron chi connectivity index (χ3n) is 0.477. The summed E-state index contributed by atoms with van der Waals surface area (Å²) in [6, 6.07) is 0. The Morgan fingerprint density at radius 1 is 1.67 bits per heavy atom. The van der Waals surface area contributed by atoms with Crippen molar-refractivity contribution < 1.29 is 14.3 Å². The Morgan fingerprint density at radius 2 is 2.33 bits per heavy atom. The highest BCUT2D eigenvalue weighted by Gasteiger charge is 1.98. The predicted octanol–water partition coefficient (Wildman–Crippen LogP) is 1.35. The largest absolute Gasteiger partial charge is 0.509 e. The number of carbonyl (C=O) groups excluding carboxylic acids is 1. The molecule has 0 unspecified atom stereocenters. The smallest absolute Gasteiger partial charge is 0.423 e. The van der Waals surface area contributed by atoms with Crippen LogP contribution in [0.15, 0.2) is 0 Å². The maximum atomic E-state index is 10.3. The molecule has 5 heteroatoms. The zero-order valence-electron chi connectivity index (χ0n) is 4.99. The van der Waals surface area contributed by atoms with Gasteiger partial charge in [-0.05, 0) is 6.26 Å². The van der Waals surface area contributed by atoms with Gasteiger partial charge in [-0.15, -0.1) is 24.4 Å². The fourth-order valence-electron chi connectivity index (χ4n) is 0.201. The SMILES string of the molecule is CSCOC(=O)OCS. The number of ether oxygens (including phenoxy) is 2. The molecule has 0 spiro atoms. The molecule has 9 heavy (non-hydrogen) atoms. The number of hydrogen-bond acceptors (Lipinski definition) is 5. The Morgan fingerprint density at radius 3 is 2.78 bits per heavy atom. The van der Waals surface area contributed by atoms with Gasteiger partial charge in [-0.25, -0.2) is 4.79 Å². The predicted molar refractivity (Wildman–Crippen MR) is 39.8 cm³/mol. The second-order valence-corrected chi connectivity index (χ2v) is 2.15. The van der Waals surface area contributed by atoms with Crippen LogP contribution in [0, 0.1) is 0 Å². The second-order valence-electron chi connectivity index (χ2n) is 1.07. The molecular formula is C4H8O3S2. The summed E-state index contributed by atoms with van der Waals surface area (Å²) in [5.41, 5.74) is 0. The van der Waals surface area contributed by atoms with Crippen LogP contribution in [-0.4, -0.2) is 24.3 Å². The van der Waals surface area contributed by atoms with Crippen molar-refractivity contribution >= 4 is 30.5 Å². The number of thioether (sulfide) groups is 1. The van der Waals surface area contributed by atoms with Crippen molar-refractivity contribution in [2.24, 2.45) is 0 Å². The van der Waals surface area contributed by atoms with Gasteiger partial charge in [-0.2, -0.15) is 0 Å².